The number of aliphatic hydroxyl groups is 1. The number of likely N-dealkylation sites (tertiary alicyclic amines) is 1. The molecular formula is C12H24N2O. The Hall–Kier alpha value is -0.120. The highest BCUT2D eigenvalue weighted by Crippen LogP contribution is 2.32. The molecule has 1 atom stereocenters. The second-order valence-corrected chi connectivity index (χ2v) is 5.31. The maximum Gasteiger partial charge on any atom is 0.0692 e. The van der Waals surface area contributed by atoms with Crippen LogP contribution in [-0.2, 0) is 0 Å². The zero-order valence-corrected chi connectivity index (χ0v) is 9.78. The molecule has 0 amide bonds. The van der Waals surface area contributed by atoms with Gasteiger partial charge in [-0.2, -0.15) is 0 Å². The molecule has 0 aromatic heterocycles. The summed E-state index contributed by atoms with van der Waals surface area (Å²) in [5.41, 5.74) is 0. The minimum atomic E-state index is -0.0868. The summed E-state index contributed by atoms with van der Waals surface area (Å²) in [5, 5.41) is 13.1. The Labute approximate surface area is 92.8 Å². The van der Waals surface area contributed by atoms with Gasteiger partial charge in [-0.1, -0.05) is 0 Å². The third kappa shape index (κ3) is 3.74. The van der Waals surface area contributed by atoms with Crippen LogP contribution in [0.2, 0.25) is 0 Å². The van der Waals surface area contributed by atoms with Crippen LogP contribution in [0.1, 0.15) is 25.7 Å². The van der Waals surface area contributed by atoms with Crippen molar-refractivity contribution in [3.63, 3.8) is 0 Å². The first-order chi connectivity index (χ1) is 7.25. The van der Waals surface area contributed by atoms with Crippen molar-refractivity contribution in [2.24, 2.45) is 11.8 Å². The van der Waals surface area contributed by atoms with Gasteiger partial charge in [-0.05, 0) is 64.2 Å². The maximum atomic E-state index is 9.69. The minimum absolute atomic E-state index is 0.0868. The van der Waals surface area contributed by atoms with E-state index >= 15 is 0 Å². The van der Waals surface area contributed by atoms with E-state index in [-0.39, 0.29) is 6.10 Å². The predicted molar refractivity (Wildman–Crippen MR) is 61.8 cm³/mol. The first kappa shape index (κ1) is 11.4. The van der Waals surface area contributed by atoms with Crippen LogP contribution in [0.5, 0.6) is 0 Å². The first-order valence-corrected chi connectivity index (χ1v) is 6.33. The van der Waals surface area contributed by atoms with Crippen LogP contribution in [0.15, 0.2) is 0 Å². The Morgan fingerprint density at radius 2 is 1.93 bits per heavy atom. The fourth-order valence-electron chi connectivity index (χ4n) is 2.35. The van der Waals surface area contributed by atoms with Crippen LogP contribution < -0.4 is 5.32 Å². The smallest absolute Gasteiger partial charge is 0.0692 e. The molecule has 1 aliphatic heterocycles. The Morgan fingerprint density at radius 3 is 2.53 bits per heavy atom. The molecule has 0 aromatic rings. The highest BCUT2D eigenvalue weighted by Gasteiger charge is 2.29. The van der Waals surface area contributed by atoms with E-state index in [1.54, 1.807) is 0 Å². The minimum Gasteiger partial charge on any atom is -0.392 e. The van der Waals surface area contributed by atoms with Gasteiger partial charge in [0.1, 0.15) is 0 Å². The maximum absolute atomic E-state index is 9.69. The molecule has 2 N–H and O–H groups in total. The summed E-state index contributed by atoms with van der Waals surface area (Å²) in [6.45, 7) is 4.36. The van der Waals surface area contributed by atoms with Crippen molar-refractivity contribution in [1.82, 2.24) is 10.2 Å². The zero-order chi connectivity index (χ0) is 10.7. The second kappa shape index (κ2) is 5.28. The average Bonchev–Trinajstić information content (AvgIpc) is 3.04. The molecule has 1 saturated carbocycles. The summed E-state index contributed by atoms with van der Waals surface area (Å²) in [6.07, 6.45) is 5.00. The van der Waals surface area contributed by atoms with Crippen molar-refractivity contribution in [3.05, 3.63) is 0 Å². The number of hydrogen-bond acceptors (Lipinski definition) is 3. The molecule has 2 fully saturated rings. The van der Waals surface area contributed by atoms with E-state index in [1.165, 1.54) is 38.8 Å². The van der Waals surface area contributed by atoms with Gasteiger partial charge in [0.05, 0.1) is 6.10 Å². The van der Waals surface area contributed by atoms with Crippen molar-refractivity contribution in [1.29, 1.82) is 0 Å². The molecule has 0 radical (unpaired) electrons. The van der Waals surface area contributed by atoms with Crippen LogP contribution in [-0.4, -0.2) is 49.3 Å². The second-order valence-electron chi connectivity index (χ2n) is 5.31. The monoisotopic (exact) mass is 212 g/mol. The van der Waals surface area contributed by atoms with E-state index in [2.05, 4.69) is 17.3 Å². The van der Waals surface area contributed by atoms with E-state index in [0.717, 1.165) is 19.0 Å². The SMILES string of the molecule is CN1CCC(CNCC(O)C2CC2)CC1. The highest BCUT2D eigenvalue weighted by molar-refractivity contribution is 4.82. The molecule has 1 unspecified atom stereocenters. The third-order valence-corrected chi connectivity index (χ3v) is 3.79. The lowest BCUT2D eigenvalue weighted by molar-refractivity contribution is 0.143. The number of piperidine rings is 1. The van der Waals surface area contributed by atoms with E-state index in [1.807, 2.05) is 0 Å². The number of aliphatic hydroxyl groups excluding tert-OH is 1. The standard InChI is InChI=1S/C12H24N2O/c1-14-6-4-10(5-7-14)8-13-9-12(15)11-2-3-11/h10-13,15H,2-9H2,1H3. The zero-order valence-electron chi connectivity index (χ0n) is 9.78. The first-order valence-electron chi connectivity index (χ1n) is 6.33. The van der Waals surface area contributed by atoms with Gasteiger partial charge in [0.25, 0.3) is 0 Å². The van der Waals surface area contributed by atoms with Crippen molar-refractivity contribution >= 4 is 0 Å². The topological polar surface area (TPSA) is 35.5 Å². The van der Waals surface area contributed by atoms with Crippen molar-refractivity contribution in [3.8, 4) is 0 Å². The van der Waals surface area contributed by atoms with Crippen molar-refractivity contribution in [2.75, 3.05) is 33.2 Å². The average molecular weight is 212 g/mol. The lowest BCUT2D eigenvalue weighted by Crippen LogP contribution is -2.37. The molecule has 2 aliphatic rings. The van der Waals surface area contributed by atoms with Crippen LogP contribution in [0.3, 0.4) is 0 Å². The van der Waals surface area contributed by atoms with Gasteiger partial charge in [-0.15, -0.1) is 0 Å². The molecule has 1 saturated heterocycles. The van der Waals surface area contributed by atoms with Gasteiger partial charge >= 0.3 is 0 Å². The number of nitrogens with one attached hydrogen (secondary N) is 1. The number of nitrogens with zero attached hydrogens (tertiary/aromatic N) is 1. The van der Waals surface area contributed by atoms with Crippen LogP contribution in [0.25, 0.3) is 0 Å². The fourth-order valence-corrected chi connectivity index (χ4v) is 2.35. The van der Waals surface area contributed by atoms with Crippen LogP contribution in [0, 0.1) is 11.8 Å². The molecule has 3 nitrogen and oxygen atoms in total. The van der Waals surface area contributed by atoms with Gasteiger partial charge < -0.3 is 15.3 Å². The molecule has 1 heterocycles. The predicted octanol–water partition coefficient (Wildman–Crippen LogP) is 0.689. The van der Waals surface area contributed by atoms with E-state index in [4.69, 9.17) is 0 Å². The Balaban J connectivity index is 1.53. The van der Waals surface area contributed by atoms with Gasteiger partial charge in [-0.3, -0.25) is 0 Å². The van der Waals surface area contributed by atoms with Gasteiger partial charge in [0.15, 0.2) is 0 Å². The molecule has 0 bridgehead atoms. The summed E-state index contributed by atoms with van der Waals surface area (Å²) >= 11 is 0. The molecule has 0 spiro atoms. The number of hydrogen-bond donors (Lipinski definition) is 2. The Bertz CT molecular complexity index is 186. The van der Waals surface area contributed by atoms with Crippen molar-refractivity contribution < 1.29 is 5.11 Å². The van der Waals surface area contributed by atoms with E-state index in [9.17, 15) is 5.11 Å². The Kier molecular flexibility index (Phi) is 4.00. The van der Waals surface area contributed by atoms with Crippen molar-refractivity contribution in [2.45, 2.75) is 31.8 Å². The molecule has 1 aliphatic carbocycles. The van der Waals surface area contributed by atoms with Crippen LogP contribution >= 0.6 is 0 Å². The fraction of sp³-hybridized carbons (Fsp3) is 1.00. The summed E-state index contributed by atoms with van der Waals surface area (Å²) < 4.78 is 0. The quantitative estimate of drug-likeness (QED) is 0.704. The summed E-state index contributed by atoms with van der Waals surface area (Å²) in [4.78, 5) is 2.40. The van der Waals surface area contributed by atoms with Crippen LogP contribution in [0.4, 0.5) is 0 Å². The summed E-state index contributed by atoms with van der Waals surface area (Å²) in [6, 6.07) is 0. The molecule has 0 aromatic carbocycles. The largest absolute Gasteiger partial charge is 0.392 e. The molecule has 88 valence electrons. The van der Waals surface area contributed by atoms with E-state index < -0.39 is 0 Å². The molecule has 3 heteroatoms. The van der Waals surface area contributed by atoms with Gasteiger partial charge in [0.2, 0.25) is 0 Å². The third-order valence-electron chi connectivity index (χ3n) is 3.79. The number of rotatable bonds is 5. The lowest BCUT2D eigenvalue weighted by atomic mass is 9.97. The van der Waals surface area contributed by atoms with E-state index in [0.29, 0.717) is 5.92 Å². The molecular weight excluding hydrogens is 188 g/mol. The molecule has 2 rings (SSSR count). The van der Waals surface area contributed by atoms with Gasteiger partial charge in [0, 0.05) is 6.54 Å². The molecule has 15 heavy (non-hydrogen) atoms. The summed E-state index contributed by atoms with van der Waals surface area (Å²) in [5.74, 6) is 1.43. The lowest BCUT2D eigenvalue weighted by Gasteiger charge is -2.29. The highest BCUT2D eigenvalue weighted by atomic mass is 16.3. The summed E-state index contributed by atoms with van der Waals surface area (Å²) in [7, 11) is 2.19. The normalized spacial score (nSPS) is 26.8. The van der Waals surface area contributed by atoms with Gasteiger partial charge in [-0.25, -0.2) is 0 Å². The Morgan fingerprint density at radius 1 is 1.27 bits per heavy atom.